The molecule has 0 saturated heterocycles. The van der Waals surface area contributed by atoms with Gasteiger partial charge in [-0.15, -0.1) is 0 Å². The monoisotopic (exact) mass is 253 g/mol. The third kappa shape index (κ3) is 2.11. The van der Waals surface area contributed by atoms with Gasteiger partial charge in [-0.3, -0.25) is 0 Å². The summed E-state index contributed by atoms with van der Waals surface area (Å²) in [7, 11) is 0. The molecule has 1 aromatic carbocycles. The molecule has 3 rings (SSSR count). The largest absolute Gasteiger partial charge is 0.384 e. The molecular formula is C14H15N5. The number of hydrogen-bond acceptors (Lipinski definition) is 4. The normalized spacial score (nSPS) is 14.5. The maximum atomic E-state index is 5.86. The van der Waals surface area contributed by atoms with Crippen molar-refractivity contribution in [3.8, 4) is 5.69 Å². The SMILES string of the molecule is C=Cc1cccc(-n2cc(C3=C(N)NNC3)cn2)c1. The third-order valence-electron chi connectivity index (χ3n) is 3.11. The van der Waals surface area contributed by atoms with Crippen molar-refractivity contribution in [1.29, 1.82) is 0 Å². The summed E-state index contributed by atoms with van der Waals surface area (Å²) in [6, 6.07) is 8.03. The van der Waals surface area contributed by atoms with E-state index in [4.69, 9.17) is 5.73 Å². The van der Waals surface area contributed by atoms with Gasteiger partial charge in [0, 0.05) is 23.9 Å². The van der Waals surface area contributed by atoms with Crippen molar-refractivity contribution in [1.82, 2.24) is 20.6 Å². The Labute approximate surface area is 111 Å². The molecule has 2 heterocycles. The summed E-state index contributed by atoms with van der Waals surface area (Å²) in [6.07, 6.45) is 5.61. The standard InChI is InChI=1S/C14H15N5/c1-2-10-4-3-5-12(6-10)19-9-11(7-17-19)13-8-16-18-14(13)15/h2-7,9,16,18H,1,8,15H2. The first-order valence-corrected chi connectivity index (χ1v) is 6.03. The van der Waals surface area contributed by atoms with E-state index in [1.165, 1.54) is 0 Å². The lowest BCUT2D eigenvalue weighted by atomic mass is 10.1. The van der Waals surface area contributed by atoms with E-state index >= 15 is 0 Å². The van der Waals surface area contributed by atoms with Gasteiger partial charge in [-0.25, -0.2) is 10.1 Å². The fraction of sp³-hybridized carbons (Fsp3) is 0.0714. The number of rotatable bonds is 3. The number of hydrazine groups is 1. The fourth-order valence-corrected chi connectivity index (χ4v) is 2.07. The molecule has 0 atom stereocenters. The Bertz CT molecular complexity index is 653. The summed E-state index contributed by atoms with van der Waals surface area (Å²) >= 11 is 0. The molecule has 1 aliphatic rings. The molecule has 0 spiro atoms. The second-order valence-corrected chi connectivity index (χ2v) is 4.34. The molecule has 0 aliphatic carbocycles. The van der Waals surface area contributed by atoms with Crippen molar-refractivity contribution in [2.75, 3.05) is 6.54 Å². The molecule has 4 N–H and O–H groups in total. The Kier molecular flexibility index (Phi) is 2.81. The average molecular weight is 253 g/mol. The van der Waals surface area contributed by atoms with Gasteiger partial charge in [0.15, 0.2) is 0 Å². The zero-order valence-electron chi connectivity index (χ0n) is 10.4. The molecule has 5 nitrogen and oxygen atoms in total. The number of nitrogens with one attached hydrogen (secondary N) is 2. The second kappa shape index (κ2) is 4.62. The van der Waals surface area contributed by atoms with Crippen LogP contribution in [0.15, 0.2) is 49.1 Å². The van der Waals surface area contributed by atoms with Gasteiger partial charge in [0.25, 0.3) is 0 Å². The van der Waals surface area contributed by atoms with Crippen LogP contribution >= 0.6 is 0 Å². The third-order valence-corrected chi connectivity index (χ3v) is 3.11. The van der Waals surface area contributed by atoms with Crippen LogP contribution in [-0.2, 0) is 0 Å². The number of nitrogens with zero attached hydrogens (tertiary/aromatic N) is 2. The molecule has 2 aromatic rings. The molecule has 1 aromatic heterocycles. The van der Waals surface area contributed by atoms with Crippen molar-refractivity contribution in [2.24, 2.45) is 5.73 Å². The highest BCUT2D eigenvalue weighted by Crippen LogP contribution is 2.19. The molecule has 0 radical (unpaired) electrons. The zero-order valence-corrected chi connectivity index (χ0v) is 10.4. The lowest BCUT2D eigenvalue weighted by Gasteiger charge is -2.02. The van der Waals surface area contributed by atoms with Crippen molar-refractivity contribution in [3.63, 3.8) is 0 Å². The van der Waals surface area contributed by atoms with Crippen LogP contribution in [0.5, 0.6) is 0 Å². The molecule has 0 fully saturated rings. The van der Waals surface area contributed by atoms with Gasteiger partial charge in [0.05, 0.1) is 11.9 Å². The lowest BCUT2D eigenvalue weighted by molar-refractivity contribution is 0.695. The second-order valence-electron chi connectivity index (χ2n) is 4.34. The molecule has 19 heavy (non-hydrogen) atoms. The van der Waals surface area contributed by atoms with E-state index in [0.29, 0.717) is 12.4 Å². The van der Waals surface area contributed by atoms with Gasteiger partial charge in [-0.1, -0.05) is 24.8 Å². The number of aromatic nitrogens is 2. The van der Waals surface area contributed by atoms with E-state index in [9.17, 15) is 0 Å². The molecule has 0 bridgehead atoms. The Morgan fingerprint density at radius 2 is 2.32 bits per heavy atom. The molecule has 0 unspecified atom stereocenters. The maximum Gasteiger partial charge on any atom is 0.116 e. The van der Waals surface area contributed by atoms with Gasteiger partial charge < -0.3 is 11.2 Å². The Balaban J connectivity index is 1.97. The van der Waals surface area contributed by atoms with Gasteiger partial charge in [0.1, 0.15) is 5.82 Å². The molecule has 5 heteroatoms. The number of hydrogen-bond donors (Lipinski definition) is 3. The molecule has 96 valence electrons. The van der Waals surface area contributed by atoms with Gasteiger partial charge in [-0.2, -0.15) is 5.10 Å². The lowest BCUT2D eigenvalue weighted by Crippen LogP contribution is -2.26. The van der Waals surface area contributed by atoms with E-state index in [2.05, 4.69) is 22.5 Å². The van der Waals surface area contributed by atoms with Crippen molar-refractivity contribution < 1.29 is 0 Å². The van der Waals surface area contributed by atoms with Crippen LogP contribution in [-0.4, -0.2) is 16.3 Å². The van der Waals surface area contributed by atoms with Gasteiger partial charge in [-0.05, 0) is 17.7 Å². The summed E-state index contributed by atoms with van der Waals surface area (Å²) in [4.78, 5) is 0. The molecule has 0 amide bonds. The van der Waals surface area contributed by atoms with E-state index in [1.807, 2.05) is 47.4 Å². The summed E-state index contributed by atoms with van der Waals surface area (Å²) in [5.41, 5.74) is 15.9. The van der Waals surface area contributed by atoms with Crippen LogP contribution in [0, 0.1) is 0 Å². The van der Waals surface area contributed by atoms with Gasteiger partial charge in [0.2, 0.25) is 0 Å². The van der Waals surface area contributed by atoms with Crippen LogP contribution < -0.4 is 16.6 Å². The first-order chi connectivity index (χ1) is 9.28. The summed E-state index contributed by atoms with van der Waals surface area (Å²) in [5, 5.41) is 4.38. The van der Waals surface area contributed by atoms with Crippen molar-refractivity contribution in [2.45, 2.75) is 0 Å². The van der Waals surface area contributed by atoms with E-state index < -0.39 is 0 Å². The quantitative estimate of drug-likeness (QED) is 0.770. The maximum absolute atomic E-state index is 5.86. The van der Waals surface area contributed by atoms with E-state index in [-0.39, 0.29) is 0 Å². The highest BCUT2D eigenvalue weighted by atomic mass is 15.4. The Morgan fingerprint density at radius 1 is 1.42 bits per heavy atom. The van der Waals surface area contributed by atoms with Crippen molar-refractivity contribution >= 4 is 11.6 Å². The molecule has 1 aliphatic heterocycles. The van der Waals surface area contributed by atoms with Crippen LogP contribution in [0.2, 0.25) is 0 Å². The molecular weight excluding hydrogens is 238 g/mol. The zero-order chi connectivity index (χ0) is 13.2. The highest BCUT2D eigenvalue weighted by Gasteiger charge is 2.14. The average Bonchev–Trinajstić information content (AvgIpc) is 3.07. The minimum Gasteiger partial charge on any atom is -0.384 e. The first kappa shape index (κ1) is 11.6. The Morgan fingerprint density at radius 3 is 3.05 bits per heavy atom. The Hall–Kier alpha value is -2.53. The highest BCUT2D eigenvalue weighted by molar-refractivity contribution is 5.70. The van der Waals surface area contributed by atoms with Crippen LogP contribution in [0.4, 0.5) is 0 Å². The topological polar surface area (TPSA) is 67.9 Å². The van der Waals surface area contributed by atoms with E-state index in [0.717, 1.165) is 22.4 Å². The summed E-state index contributed by atoms with van der Waals surface area (Å²) in [6.45, 7) is 4.47. The van der Waals surface area contributed by atoms with Crippen LogP contribution in [0.1, 0.15) is 11.1 Å². The number of nitrogens with two attached hydrogens (primary N) is 1. The van der Waals surface area contributed by atoms with Crippen molar-refractivity contribution in [3.05, 3.63) is 60.2 Å². The predicted octanol–water partition coefficient (Wildman–Crippen LogP) is 1.25. The fourth-order valence-electron chi connectivity index (χ4n) is 2.07. The minimum atomic E-state index is 0.652. The smallest absolute Gasteiger partial charge is 0.116 e. The molecule has 0 saturated carbocycles. The van der Waals surface area contributed by atoms with Crippen LogP contribution in [0.3, 0.4) is 0 Å². The summed E-state index contributed by atoms with van der Waals surface area (Å²) < 4.78 is 1.83. The van der Waals surface area contributed by atoms with Gasteiger partial charge >= 0.3 is 0 Å². The first-order valence-electron chi connectivity index (χ1n) is 6.03. The number of benzene rings is 1. The summed E-state index contributed by atoms with van der Waals surface area (Å²) in [5.74, 6) is 0.652. The van der Waals surface area contributed by atoms with E-state index in [1.54, 1.807) is 0 Å². The minimum absolute atomic E-state index is 0.652. The predicted molar refractivity (Wildman–Crippen MR) is 75.9 cm³/mol. The van der Waals surface area contributed by atoms with Crippen LogP contribution in [0.25, 0.3) is 17.3 Å².